The Hall–Kier alpha value is -2.62. The first-order valence-electron chi connectivity index (χ1n) is 9.84. The highest BCUT2D eigenvalue weighted by molar-refractivity contribution is 5.94. The van der Waals surface area contributed by atoms with Crippen LogP contribution in [0.2, 0.25) is 0 Å². The van der Waals surface area contributed by atoms with Crippen LogP contribution in [0.4, 0.5) is 0 Å². The third-order valence-corrected chi connectivity index (χ3v) is 5.35. The van der Waals surface area contributed by atoms with E-state index in [1.807, 2.05) is 64.4 Å². The van der Waals surface area contributed by atoms with Gasteiger partial charge in [0.15, 0.2) is 0 Å². The predicted octanol–water partition coefficient (Wildman–Crippen LogP) is 3.90. The van der Waals surface area contributed by atoms with Gasteiger partial charge in [-0.1, -0.05) is 56.3 Å². The quantitative estimate of drug-likeness (QED) is 0.807. The highest BCUT2D eigenvalue weighted by Gasteiger charge is 2.31. The summed E-state index contributed by atoms with van der Waals surface area (Å²) in [5, 5.41) is 0. The molecule has 4 nitrogen and oxygen atoms in total. The van der Waals surface area contributed by atoms with E-state index in [9.17, 15) is 9.59 Å². The normalized spacial score (nSPS) is 17.7. The largest absolute Gasteiger partial charge is 0.336 e. The van der Waals surface area contributed by atoms with Gasteiger partial charge in [0.25, 0.3) is 5.91 Å². The molecule has 1 saturated heterocycles. The van der Waals surface area contributed by atoms with Crippen molar-refractivity contribution in [3.63, 3.8) is 0 Å². The van der Waals surface area contributed by atoms with Crippen LogP contribution in [0.15, 0.2) is 54.6 Å². The number of carbonyl (C=O) groups excluding carboxylic acids is 2. The molecule has 2 aromatic rings. The van der Waals surface area contributed by atoms with Gasteiger partial charge in [0.1, 0.15) is 0 Å². The van der Waals surface area contributed by atoms with E-state index in [0.717, 1.165) is 18.4 Å². The Morgan fingerprint density at radius 1 is 1.00 bits per heavy atom. The van der Waals surface area contributed by atoms with Crippen molar-refractivity contribution in [2.45, 2.75) is 45.7 Å². The predicted molar refractivity (Wildman–Crippen MR) is 107 cm³/mol. The molecular formula is C23H28N2O2. The summed E-state index contributed by atoms with van der Waals surface area (Å²) in [6.45, 7) is 5.86. The van der Waals surface area contributed by atoms with Gasteiger partial charge in [-0.2, -0.15) is 0 Å². The molecule has 1 unspecified atom stereocenters. The second-order valence-corrected chi connectivity index (χ2v) is 7.12. The standard InChI is InChI=1S/C23H28N2O2/c1-3-18-10-12-20(13-11-18)23(27)24-15-14-22(26)25(21(4-2)17-24)16-19-8-6-5-7-9-19/h5-13,21H,3-4,14-17H2,1-2H3. The number of amides is 2. The van der Waals surface area contributed by atoms with E-state index in [1.54, 1.807) is 0 Å². The van der Waals surface area contributed by atoms with Crippen LogP contribution < -0.4 is 0 Å². The van der Waals surface area contributed by atoms with Crippen LogP contribution in [-0.2, 0) is 17.8 Å². The molecular weight excluding hydrogens is 336 g/mol. The van der Waals surface area contributed by atoms with Gasteiger partial charge in [-0.15, -0.1) is 0 Å². The van der Waals surface area contributed by atoms with Gasteiger partial charge in [-0.25, -0.2) is 0 Å². The molecule has 3 rings (SSSR count). The number of aryl methyl sites for hydroxylation is 1. The Labute approximate surface area is 161 Å². The zero-order chi connectivity index (χ0) is 19.2. The van der Waals surface area contributed by atoms with E-state index in [4.69, 9.17) is 0 Å². The molecule has 2 aromatic carbocycles. The van der Waals surface area contributed by atoms with E-state index in [-0.39, 0.29) is 17.9 Å². The summed E-state index contributed by atoms with van der Waals surface area (Å²) in [4.78, 5) is 29.5. The van der Waals surface area contributed by atoms with Crippen molar-refractivity contribution in [1.29, 1.82) is 0 Å². The van der Waals surface area contributed by atoms with Crippen LogP contribution in [0.5, 0.6) is 0 Å². The van der Waals surface area contributed by atoms with Crippen LogP contribution in [0.3, 0.4) is 0 Å². The van der Waals surface area contributed by atoms with E-state index >= 15 is 0 Å². The fourth-order valence-electron chi connectivity index (χ4n) is 3.62. The first kappa shape index (κ1) is 19.2. The van der Waals surface area contributed by atoms with Crippen molar-refractivity contribution in [3.8, 4) is 0 Å². The lowest BCUT2D eigenvalue weighted by molar-refractivity contribution is -0.133. The van der Waals surface area contributed by atoms with Gasteiger partial charge < -0.3 is 9.80 Å². The van der Waals surface area contributed by atoms with E-state index in [1.165, 1.54) is 5.56 Å². The van der Waals surface area contributed by atoms with Crippen LogP contribution >= 0.6 is 0 Å². The first-order valence-corrected chi connectivity index (χ1v) is 9.84. The maximum atomic E-state index is 13.0. The zero-order valence-corrected chi connectivity index (χ0v) is 16.2. The minimum absolute atomic E-state index is 0.0189. The molecule has 0 N–H and O–H groups in total. The molecule has 1 heterocycles. The molecule has 1 atom stereocenters. The fraction of sp³-hybridized carbons (Fsp3) is 0.391. The molecule has 1 aliphatic heterocycles. The summed E-state index contributed by atoms with van der Waals surface area (Å²) < 4.78 is 0. The van der Waals surface area contributed by atoms with Crippen molar-refractivity contribution in [3.05, 3.63) is 71.3 Å². The molecule has 142 valence electrons. The molecule has 0 aliphatic carbocycles. The molecule has 2 amide bonds. The third kappa shape index (κ3) is 4.57. The number of hydrogen-bond acceptors (Lipinski definition) is 2. The Morgan fingerprint density at radius 2 is 1.70 bits per heavy atom. The zero-order valence-electron chi connectivity index (χ0n) is 16.2. The smallest absolute Gasteiger partial charge is 0.253 e. The topological polar surface area (TPSA) is 40.6 Å². The van der Waals surface area contributed by atoms with Crippen LogP contribution in [0, 0.1) is 0 Å². The minimum atomic E-state index is 0.0189. The molecule has 4 heteroatoms. The summed E-state index contributed by atoms with van der Waals surface area (Å²) in [6.07, 6.45) is 2.16. The number of nitrogens with zero attached hydrogens (tertiary/aromatic N) is 2. The van der Waals surface area contributed by atoms with Crippen molar-refractivity contribution in [2.24, 2.45) is 0 Å². The van der Waals surface area contributed by atoms with Crippen molar-refractivity contribution < 1.29 is 9.59 Å². The summed E-state index contributed by atoms with van der Waals surface area (Å²) in [5.74, 6) is 0.146. The Balaban J connectivity index is 1.76. The average molecular weight is 364 g/mol. The first-order chi connectivity index (χ1) is 13.1. The molecule has 0 radical (unpaired) electrons. The maximum absolute atomic E-state index is 13.0. The monoisotopic (exact) mass is 364 g/mol. The highest BCUT2D eigenvalue weighted by Crippen LogP contribution is 2.19. The van der Waals surface area contributed by atoms with Gasteiger partial charge in [-0.3, -0.25) is 9.59 Å². The van der Waals surface area contributed by atoms with Gasteiger partial charge in [-0.05, 0) is 36.1 Å². The number of carbonyl (C=O) groups is 2. The number of rotatable bonds is 5. The minimum Gasteiger partial charge on any atom is -0.336 e. The lowest BCUT2D eigenvalue weighted by Gasteiger charge is -2.31. The molecule has 0 saturated carbocycles. The van der Waals surface area contributed by atoms with Crippen molar-refractivity contribution >= 4 is 11.8 Å². The number of hydrogen-bond donors (Lipinski definition) is 0. The molecule has 0 spiro atoms. The van der Waals surface area contributed by atoms with E-state index in [0.29, 0.717) is 31.6 Å². The van der Waals surface area contributed by atoms with E-state index in [2.05, 4.69) is 13.8 Å². The van der Waals surface area contributed by atoms with E-state index < -0.39 is 0 Å². The second kappa shape index (κ2) is 8.85. The lowest BCUT2D eigenvalue weighted by Crippen LogP contribution is -2.43. The molecule has 0 aromatic heterocycles. The Bertz CT molecular complexity index is 771. The number of benzene rings is 2. The molecule has 0 bridgehead atoms. The van der Waals surface area contributed by atoms with Crippen LogP contribution in [0.1, 0.15) is 48.2 Å². The molecule has 1 aliphatic rings. The summed E-state index contributed by atoms with van der Waals surface area (Å²) in [6, 6.07) is 17.9. The lowest BCUT2D eigenvalue weighted by atomic mass is 10.1. The van der Waals surface area contributed by atoms with Crippen LogP contribution in [-0.4, -0.2) is 40.7 Å². The second-order valence-electron chi connectivity index (χ2n) is 7.12. The van der Waals surface area contributed by atoms with Crippen molar-refractivity contribution in [2.75, 3.05) is 13.1 Å². The highest BCUT2D eigenvalue weighted by atomic mass is 16.2. The Morgan fingerprint density at radius 3 is 2.33 bits per heavy atom. The fourth-order valence-corrected chi connectivity index (χ4v) is 3.62. The summed E-state index contributed by atoms with van der Waals surface area (Å²) >= 11 is 0. The van der Waals surface area contributed by atoms with Gasteiger partial charge in [0, 0.05) is 37.7 Å². The molecule has 1 fully saturated rings. The molecule has 27 heavy (non-hydrogen) atoms. The van der Waals surface area contributed by atoms with Crippen LogP contribution in [0.25, 0.3) is 0 Å². The van der Waals surface area contributed by atoms with Gasteiger partial charge >= 0.3 is 0 Å². The van der Waals surface area contributed by atoms with Crippen molar-refractivity contribution in [1.82, 2.24) is 9.80 Å². The SMILES string of the molecule is CCc1ccc(C(=O)N2CCC(=O)N(Cc3ccccc3)C(CC)C2)cc1. The van der Waals surface area contributed by atoms with Gasteiger partial charge in [0.05, 0.1) is 0 Å². The average Bonchev–Trinajstić information content (AvgIpc) is 2.87. The summed E-state index contributed by atoms with van der Waals surface area (Å²) in [5.41, 5.74) is 3.04. The third-order valence-electron chi connectivity index (χ3n) is 5.35. The summed E-state index contributed by atoms with van der Waals surface area (Å²) in [7, 11) is 0. The Kier molecular flexibility index (Phi) is 6.28. The van der Waals surface area contributed by atoms with Gasteiger partial charge in [0.2, 0.25) is 5.91 Å². The maximum Gasteiger partial charge on any atom is 0.253 e.